The van der Waals surface area contributed by atoms with Crippen molar-refractivity contribution in [1.82, 2.24) is 0 Å². The minimum Gasteiger partial charge on any atom is -0.376 e. The Morgan fingerprint density at radius 2 is 2.09 bits per heavy atom. The lowest BCUT2D eigenvalue weighted by atomic mass is 10.0. The maximum absolute atomic E-state index is 13.1. The summed E-state index contributed by atoms with van der Waals surface area (Å²) in [6.45, 7) is 2.78. The van der Waals surface area contributed by atoms with Gasteiger partial charge < -0.3 is 10.2 Å². The normalized spacial score (nSPS) is 13.6. The molecule has 1 amide bonds. The maximum Gasteiger partial charge on any atom is 0.246 e. The zero-order valence-corrected chi connectivity index (χ0v) is 12.6. The highest BCUT2D eigenvalue weighted by atomic mass is 19.1. The van der Waals surface area contributed by atoms with Crippen molar-refractivity contribution in [3.63, 3.8) is 0 Å². The predicted molar refractivity (Wildman–Crippen MR) is 86.7 cm³/mol. The fraction of sp³-hybridized carbons (Fsp3) is 0.278. The van der Waals surface area contributed by atoms with E-state index in [0.29, 0.717) is 0 Å². The number of anilines is 2. The fourth-order valence-electron chi connectivity index (χ4n) is 2.88. The Hall–Kier alpha value is -2.36. The highest BCUT2D eigenvalue weighted by molar-refractivity contribution is 5.97. The molecular weight excluding hydrogens is 279 g/mol. The smallest absolute Gasteiger partial charge is 0.246 e. The van der Waals surface area contributed by atoms with Crippen LogP contribution in [-0.4, -0.2) is 19.0 Å². The first-order chi connectivity index (χ1) is 10.6. The number of fused-ring (bicyclic) bond motifs is 1. The molecule has 1 aliphatic rings. The molecule has 2 aromatic rings. The number of benzene rings is 2. The van der Waals surface area contributed by atoms with Crippen LogP contribution < -0.4 is 10.2 Å². The summed E-state index contributed by atoms with van der Waals surface area (Å²) in [4.78, 5) is 14.3. The molecule has 0 saturated carbocycles. The van der Waals surface area contributed by atoms with Crippen LogP contribution in [0, 0.1) is 12.7 Å². The first-order valence-corrected chi connectivity index (χ1v) is 7.53. The second kappa shape index (κ2) is 6.18. The lowest BCUT2D eigenvalue weighted by Crippen LogP contribution is -2.39. The number of amides is 1. The number of carbonyl (C=O) groups excluding carboxylic acids is 1. The molecule has 0 radical (unpaired) electrons. The van der Waals surface area contributed by atoms with Gasteiger partial charge in [0.2, 0.25) is 5.91 Å². The largest absolute Gasteiger partial charge is 0.376 e. The third kappa shape index (κ3) is 2.96. The third-order valence-electron chi connectivity index (χ3n) is 4.03. The highest BCUT2D eigenvalue weighted by Gasteiger charge is 2.21. The lowest BCUT2D eigenvalue weighted by molar-refractivity contribution is -0.117. The molecule has 22 heavy (non-hydrogen) atoms. The van der Waals surface area contributed by atoms with E-state index in [-0.39, 0.29) is 18.3 Å². The number of hydrogen-bond donors (Lipinski definition) is 1. The van der Waals surface area contributed by atoms with Crippen LogP contribution in [0.3, 0.4) is 0 Å². The Morgan fingerprint density at radius 1 is 1.27 bits per heavy atom. The molecule has 0 atom stereocenters. The molecule has 4 heteroatoms. The average Bonchev–Trinajstić information content (AvgIpc) is 2.53. The van der Waals surface area contributed by atoms with Gasteiger partial charge >= 0.3 is 0 Å². The summed E-state index contributed by atoms with van der Waals surface area (Å²) in [5.41, 5.74) is 3.82. The summed E-state index contributed by atoms with van der Waals surface area (Å²) < 4.78 is 13.1. The molecule has 0 fully saturated rings. The molecule has 0 unspecified atom stereocenters. The van der Waals surface area contributed by atoms with Crippen molar-refractivity contribution < 1.29 is 9.18 Å². The van der Waals surface area contributed by atoms with Crippen molar-refractivity contribution in [2.45, 2.75) is 19.8 Å². The van der Waals surface area contributed by atoms with E-state index >= 15 is 0 Å². The molecule has 114 valence electrons. The van der Waals surface area contributed by atoms with Crippen LogP contribution in [0.1, 0.15) is 17.5 Å². The van der Waals surface area contributed by atoms with Crippen LogP contribution in [0.2, 0.25) is 0 Å². The van der Waals surface area contributed by atoms with Crippen LogP contribution in [0.15, 0.2) is 42.5 Å². The van der Waals surface area contributed by atoms with Crippen molar-refractivity contribution >= 4 is 17.3 Å². The molecular formula is C18H19FN2O. The van der Waals surface area contributed by atoms with Gasteiger partial charge in [-0.25, -0.2) is 4.39 Å². The summed E-state index contributed by atoms with van der Waals surface area (Å²) in [6.07, 6.45) is 2.00. The van der Waals surface area contributed by atoms with Gasteiger partial charge in [0.15, 0.2) is 0 Å². The van der Waals surface area contributed by atoms with Gasteiger partial charge in [-0.15, -0.1) is 0 Å². The Bertz CT molecular complexity index is 699. The number of nitrogens with one attached hydrogen (secondary N) is 1. The van der Waals surface area contributed by atoms with E-state index in [4.69, 9.17) is 0 Å². The molecule has 1 aliphatic heterocycles. The predicted octanol–water partition coefficient (Wildman–Crippen LogP) is 3.53. The zero-order valence-electron chi connectivity index (χ0n) is 12.6. The van der Waals surface area contributed by atoms with Crippen molar-refractivity contribution in [3.8, 4) is 0 Å². The molecule has 3 nitrogen and oxygen atoms in total. The molecule has 3 rings (SSSR count). The van der Waals surface area contributed by atoms with Gasteiger partial charge in [-0.05, 0) is 55.2 Å². The van der Waals surface area contributed by atoms with Crippen LogP contribution >= 0.6 is 0 Å². The minimum atomic E-state index is -0.265. The van der Waals surface area contributed by atoms with Crippen LogP contribution in [-0.2, 0) is 11.2 Å². The molecule has 0 aromatic heterocycles. The van der Waals surface area contributed by atoms with Crippen LogP contribution in [0.5, 0.6) is 0 Å². The number of aryl methyl sites for hydroxylation is 2. The van der Waals surface area contributed by atoms with Crippen molar-refractivity contribution in [2.75, 3.05) is 23.3 Å². The van der Waals surface area contributed by atoms with Crippen LogP contribution in [0.25, 0.3) is 0 Å². The molecule has 2 aromatic carbocycles. The van der Waals surface area contributed by atoms with Crippen LogP contribution in [0.4, 0.5) is 15.8 Å². The molecule has 0 aliphatic carbocycles. The molecule has 0 saturated heterocycles. The number of hydrogen-bond acceptors (Lipinski definition) is 2. The minimum absolute atomic E-state index is 0.0378. The zero-order chi connectivity index (χ0) is 15.5. The number of carbonyl (C=O) groups is 1. The monoisotopic (exact) mass is 298 g/mol. The second-order valence-electron chi connectivity index (χ2n) is 5.59. The van der Waals surface area contributed by atoms with Gasteiger partial charge in [0, 0.05) is 17.9 Å². The van der Waals surface area contributed by atoms with Crippen molar-refractivity contribution in [2.24, 2.45) is 0 Å². The van der Waals surface area contributed by atoms with Crippen molar-refractivity contribution in [3.05, 3.63) is 59.4 Å². The standard InChI is InChI=1S/C18H19FN2O/c1-13-11-15(19)8-9-16(13)20-12-18(22)21-10-4-6-14-5-2-3-7-17(14)21/h2-3,5,7-9,11,20H,4,6,10,12H2,1H3. The van der Waals surface area contributed by atoms with E-state index < -0.39 is 0 Å². The van der Waals surface area contributed by atoms with Gasteiger partial charge in [0.05, 0.1) is 6.54 Å². The van der Waals surface area contributed by atoms with E-state index in [2.05, 4.69) is 11.4 Å². The number of nitrogens with zero attached hydrogens (tertiary/aromatic N) is 1. The summed E-state index contributed by atoms with van der Waals surface area (Å²) in [7, 11) is 0. The summed E-state index contributed by atoms with van der Waals surface area (Å²) in [6, 6.07) is 12.6. The topological polar surface area (TPSA) is 32.3 Å². The second-order valence-corrected chi connectivity index (χ2v) is 5.59. The van der Waals surface area contributed by atoms with Gasteiger partial charge in [-0.1, -0.05) is 18.2 Å². The average molecular weight is 298 g/mol. The molecule has 0 bridgehead atoms. The fourth-order valence-corrected chi connectivity index (χ4v) is 2.88. The third-order valence-corrected chi connectivity index (χ3v) is 4.03. The van der Waals surface area contributed by atoms with E-state index in [1.807, 2.05) is 30.0 Å². The summed E-state index contributed by atoms with van der Waals surface area (Å²) in [5, 5.41) is 3.11. The van der Waals surface area contributed by atoms with Gasteiger partial charge in [-0.2, -0.15) is 0 Å². The SMILES string of the molecule is Cc1cc(F)ccc1NCC(=O)N1CCCc2ccccc21. The first kappa shape index (κ1) is 14.6. The van der Waals surface area contributed by atoms with Gasteiger partial charge in [0.25, 0.3) is 0 Å². The first-order valence-electron chi connectivity index (χ1n) is 7.53. The highest BCUT2D eigenvalue weighted by Crippen LogP contribution is 2.26. The Labute approximate surface area is 129 Å². The Balaban J connectivity index is 1.70. The summed E-state index contributed by atoms with van der Waals surface area (Å²) >= 11 is 0. The number of para-hydroxylation sites is 1. The Morgan fingerprint density at radius 3 is 2.91 bits per heavy atom. The Kier molecular flexibility index (Phi) is 4.09. The number of rotatable bonds is 3. The van der Waals surface area contributed by atoms with Crippen molar-refractivity contribution in [1.29, 1.82) is 0 Å². The van der Waals surface area contributed by atoms with E-state index in [1.165, 1.54) is 17.7 Å². The van der Waals surface area contributed by atoms with E-state index in [1.54, 1.807) is 6.07 Å². The number of halogens is 1. The quantitative estimate of drug-likeness (QED) is 0.940. The molecule has 1 heterocycles. The summed E-state index contributed by atoms with van der Waals surface area (Å²) in [5.74, 6) is -0.227. The molecule has 0 spiro atoms. The maximum atomic E-state index is 13.1. The van der Waals surface area contributed by atoms with E-state index in [0.717, 1.165) is 36.3 Å². The lowest BCUT2D eigenvalue weighted by Gasteiger charge is -2.29. The van der Waals surface area contributed by atoms with E-state index in [9.17, 15) is 9.18 Å². The van der Waals surface area contributed by atoms with Gasteiger partial charge in [-0.3, -0.25) is 4.79 Å². The van der Waals surface area contributed by atoms with Gasteiger partial charge in [0.1, 0.15) is 5.82 Å². The molecule has 1 N–H and O–H groups in total.